The molecule has 0 atom stereocenters. The van der Waals surface area contributed by atoms with Gasteiger partial charge in [0.25, 0.3) is 4.92 Å². The van der Waals surface area contributed by atoms with Crippen LogP contribution in [0.15, 0.2) is 6.20 Å². The van der Waals surface area contributed by atoms with Crippen LogP contribution in [0.4, 0.5) is 11.5 Å². The summed E-state index contributed by atoms with van der Waals surface area (Å²) in [5, 5.41) is 12.1. The van der Waals surface area contributed by atoms with E-state index in [1.165, 1.54) is 12.6 Å². The van der Waals surface area contributed by atoms with Crippen molar-refractivity contribution in [3.63, 3.8) is 0 Å². The molecule has 17 heavy (non-hydrogen) atoms. The fourth-order valence-corrected chi connectivity index (χ4v) is 2.17. The molecule has 1 saturated carbocycles. The summed E-state index contributed by atoms with van der Waals surface area (Å²) in [7, 11) is 0. The summed E-state index contributed by atoms with van der Waals surface area (Å²) >= 11 is 5.67. The summed E-state index contributed by atoms with van der Waals surface area (Å²) in [4.78, 5) is 18.3. The van der Waals surface area contributed by atoms with Crippen LogP contribution in [0, 0.1) is 4.91 Å². The van der Waals surface area contributed by atoms with Gasteiger partial charge < -0.3 is 5.32 Å². The first-order valence-electron chi connectivity index (χ1n) is 5.62. The smallest absolute Gasteiger partial charge is 0.361 e. The topological polar surface area (TPSA) is 78.1 Å². The first-order chi connectivity index (χ1) is 8.16. The molecule has 6 nitrogen and oxygen atoms in total. The van der Waals surface area contributed by atoms with E-state index in [1.54, 1.807) is 0 Å². The molecule has 0 radical (unpaired) electrons. The summed E-state index contributed by atoms with van der Waals surface area (Å²) in [6.07, 6.45) is 6.82. The Bertz CT molecular complexity index is 421. The van der Waals surface area contributed by atoms with Gasteiger partial charge in [0, 0.05) is 6.04 Å². The van der Waals surface area contributed by atoms with E-state index in [4.69, 9.17) is 16.8 Å². The van der Waals surface area contributed by atoms with Crippen molar-refractivity contribution in [3.8, 4) is 0 Å². The minimum absolute atomic E-state index is 0.0139. The molecular weight excluding hydrogens is 244 g/mol. The molecular formula is C10H14ClN4O2+. The highest BCUT2D eigenvalue weighted by atomic mass is 35.5. The lowest BCUT2D eigenvalue weighted by atomic mass is 9.95. The number of hydrogen-bond donors (Lipinski definition) is 2. The van der Waals surface area contributed by atoms with E-state index in [0.29, 0.717) is 0 Å². The zero-order valence-corrected chi connectivity index (χ0v) is 10.0. The Labute approximate surface area is 104 Å². The molecule has 1 aliphatic carbocycles. The average Bonchev–Trinajstić information content (AvgIpc) is 2.30. The van der Waals surface area contributed by atoms with E-state index < -0.39 is 0 Å². The molecule has 1 aromatic rings. The second-order valence-electron chi connectivity index (χ2n) is 4.13. The molecule has 1 heterocycles. The third-order valence-electron chi connectivity index (χ3n) is 2.89. The van der Waals surface area contributed by atoms with Gasteiger partial charge in [-0.05, 0) is 24.4 Å². The van der Waals surface area contributed by atoms with Gasteiger partial charge in [-0.1, -0.05) is 19.3 Å². The van der Waals surface area contributed by atoms with Gasteiger partial charge in [0.15, 0.2) is 0 Å². The predicted molar refractivity (Wildman–Crippen MR) is 62.6 cm³/mol. The fourth-order valence-electron chi connectivity index (χ4n) is 2.04. The van der Waals surface area contributed by atoms with E-state index in [2.05, 4.69) is 15.3 Å². The largest absolute Gasteiger partial charge is 0.376 e. The van der Waals surface area contributed by atoms with Crippen molar-refractivity contribution in [2.75, 3.05) is 5.32 Å². The molecule has 0 spiro atoms. The minimum Gasteiger partial charge on any atom is -0.361 e. The number of anilines is 1. The SMILES string of the molecule is O=[N+](O)c1cnc(Cl)nc1NC1CCCCC1. The highest BCUT2D eigenvalue weighted by molar-refractivity contribution is 6.28. The van der Waals surface area contributed by atoms with Gasteiger partial charge in [0.05, 0.1) is 4.91 Å². The summed E-state index contributed by atoms with van der Waals surface area (Å²) in [5.41, 5.74) is -0.0139. The highest BCUT2D eigenvalue weighted by Crippen LogP contribution is 2.26. The molecule has 0 unspecified atom stereocenters. The van der Waals surface area contributed by atoms with Gasteiger partial charge in [-0.25, -0.2) is 10.2 Å². The van der Waals surface area contributed by atoms with E-state index in [9.17, 15) is 4.91 Å². The van der Waals surface area contributed by atoms with Crippen molar-refractivity contribution < 1.29 is 10.1 Å². The number of nitrogens with one attached hydrogen (secondary N) is 1. The molecule has 2 N–H and O–H groups in total. The Morgan fingerprint density at radius 3 is 2.76 bits per heavy atom. The first kappa shape index (κ1) is 12.0. The van der Waals surface area contributed by atoms with Crippen LogP contribution >= 0.6 is 11.6 Å². The molecule has 1 aromatic heterocycles. The zero-order chi connectivity index (χ0) is 12.3. The number of halogens is 1. The molecule has 7 heteroatoms. The van der Waals surface area contributed by atoms with Gasteiger partial charge in [0.2, 0.25) is 11.1 Å². The maximum Gasteiger partial charge on any atom is 0.376 e. The Morgan fingerprint density at radius 2 is 2.12 bits per heavy atom. The van der Waals surface area contributed by atoms with Gasteiger partial charge in [0.1, 0.15) is 6.20 Å². The summed E-state index contributed by atoms with van der Waals surface area (Å²) in [6, 6.07) is 0.272. The molecule has 0 bridgehead atoms. The number of aromatic nitrogens is 2. The Morgan fingerprint density at radius 1 is 1.41 bits per heavy atom. The average molecular weight is 258 g/mol. The van der Waals surface area contributed by atoms with Crippen LogP contribution in [0.5, 0.6) is 0 Å². The number of nitrogens with zero attached hydrogens (tertiary/aromatic N) is 3. The number of hydrogen-bond acceptors (Lipinski definition) is 4. The lowest BCUT2D eigenvalue weighted by molar-refractivity contribution is -0.729. The van der Waals surface area contributed by atoms with Crippen LogP contribution < -0.4 is 5.32 Å². The van der Waals surface area contributed by atoms with Crippen LogP contribution in [-0.2, 0) is 0 Å². The van der Waals surface area contributed by atoms with Crippen molar-refractivity contribution in [3.05, 3.63) is 16.4 Å². The zero-order valence-electron chi connectivity index (χ0n) is 9.27. The lowest BCUT2D eigenvalue weighted by Crippen LogP contribution is -2.23. The third kappa shape index (κ3) is 3.03. The van der Waals surface area contributed by atoms with Crippen molar-refractivity contribution in [2.45, 2.75) is 38.1 Å². The van der Waals surface area contributed by atoms with Crippen molar-refractivity contribution in [1.82, 2.24) is 9.97 Å². The second-order valence-corrected chi connectivity index (χ2v) is 4.46. The Kier molecular flexibility index (Phi) is 3.73. The second kappa shape index (κ2) is 5.27. The molecule has 0 aromatic carbocycles. The van der Waals surface area contributed by atoms with Crippen LogP contribution in [0.25, 0.3) is 0 Å². The maximum absolute atomic E-state index is 10.9. The van der Waals surface area contributed by atoms with Gasteiger partial charge in [-0.15, -0.1) is 0 Å². The monoisotopic (exact) mass is 257 g/mol. The standard InChI is InChI=1S/C10H14ClN4O2/c11-10-12-6-8(15(16)17)9(14-10)13-7-4-2-1-3-5-7/h6-7H,1-5H2,(H,16,17)(H,12,13,14)/q+1. The molecule has 0 saturated heterocycles. The van der Waals surface area contributed by atoms with Crippen LogP contribution in [0.1, 0.15) is 32.1 Å². The Hall–Kier alpha value is -1.43. The summed E-state index contributed by atoms with van der Waals surface area (Å²) in [6.45, 7) is 0. The van der Waals surface area contributed by atoms with Crippen molar-refractivity contribution in [2.24, 2.45) is 0 Å². The molecule has 2 rings (SSSR count). The number of rotatable bonds is 3. The highest BCUT2D eigenvalue weighted by Gasteiger charge is 2.24. The Balaban J connectivity index is 2.17. The van der Waals surface area contributed by atoms with E-state index in [1.807, 2.05) is 0 Å². The molecule has 92 valence electrons. The first-order valence-corrected chi connectivity index (χ1v) is 6.00. The van der Waals surface area contributed by atoms with E-state index in [-0.39, 0.29) is 27.8 Å². The van der Waals surface area contributed by atoms with Crippen molar-refractivity contribution in [1.29, 1.82) is 0 Å². The normalized spacial score (nSPS) is 16.8. The van der Waals surface area contributed by atoms with Gasteiger partial charge in [-0.2, -0.15) is 4.98 Å². The predicted octanol–water partition coefficient (Wildman–Crippen LogP) is 2.67. The van der Waals surface area contributed by atoms with E-state index >= 15 is 0 Å². The molecule has 1 aliphatic rings. The molecule has 0 amide bonds. The van der Waals surface area contributed by atoms with Gasteiger partial charge >= 0.3 is 5.69 Å². The molecule has 0 aliphatic heterocycles. The molecule has 1 fully saturated rings. The third-order valence-corrected chi connectivity index (χ3v) is 3.07. The van der Waals surface area contributed by atoms with E-state index in [0.717, 1.165) is 25.7 Å². The van der Waals surface area contributed by atoms with Crippen LogP contribution in [-0.4, -0.2) is 26.1 Å². The summed E-state index contributed by atoms with van der Waals surface area (Å²) in [5.74, 6) is 0.286. The van der Waals surface area contributed by atoms with Crippen molar-refractivity contribution >= 4 is 23.1 Å². The fraction of sp³-hybridized carbons (Fsp3) is 0.600. The maximum atomic E-state index is 10.9. The minimum atomic E-state index is -0.249. The lowest BCUT2D eigenvalue weighted by Gasteiger charge is -2.22. The quantitative estimate of drug-likeness (QED) is 0.643. The van der Waals surface area contributed by atoms with Gasteiger partial charge in [-0.3, -0.25) is 0 Å². The van der Waals surface area contributed by atoms with Crippen LogP contribution in [0.3, 0.4) is 0 Å². The van der Waals surface area contributed by atoms with Crippen LogP contribution in [0.2, 0.25) is 5.28 Å². The summed E-state index contributed by atoms with van der Waals surface area (Å²) < 4.78 is 0.